The summed E-state index contributed by atoms with van der Waals surface area (Å²) >= 11 is 0. The van der Waals surface area contributed by atoms with Crippen LogP contribution >= 0.6 is 0 Å². The lowest BCUT2D eigenvalue weighted by atomic mass is 9.89. The lowest BCUT2D eigenvalue weighted by molar-refractivity contribution is 0.0572. The molecule has 1 aromatic carbocycles. The third-order valence-corrected chi connectivity index (χ3v) is 4.92. The zero-order chi connectivity index (χ0) is 19.3. The minimum absolute atomic E-state index is 0.292. The van der Waals surface area contributed by atoms with Gasteiger partial charge in [-0.15, -0.1) is 0 Å². The Hall–Kier alpha value is -2.36. The predicted octanol–water partition coefficient (Wildman–Crippen LogP) is 6.07. The van der Waals surface area contributed by atoms with Gasteiger partial charge in [-0.2, -0.15) is 0 Å². The standard InChI is InChI=1S/C23H30N2O2/c1-23(2,3)27-22(26)25(17-18-10-6-4-7-11-18)21-14-20(15-24-16-21)19-12-8-5-9-13-19/h5,8-9,12-16,18H,4,6-7,10-11,17H2,1-3H3. The van der Waals surface area contributed by atoms with Crippen molar-refractivity contribution in [2.24, 2.45) is 5.92 Å². The smallest absolute Gasteiger partial charge is 0.414 e. The second-order valence-corrected chi connectivity index (χ2v) is 8.39. The number of rotatable bonds is 4. The number of aromatic nitrogens is 1. The summed E-state index contributed by atoms with van der Waals surface area (Å²) in [6.07, 6.45) is 9.44. The number of amides is 1. The normalized spacial score (nSPS) is 15.4. The van der Waals surface area contributed by atoms with Crippen LogP contribution in [0.4, 0.5) is 10.5 Å². The van der Waals surface area contributed by atoms with Crippen LogP contribution < -0.4 is 4.90 Å². The highest BCUT2D eigenvalue weighted by molar-refractivity contribution is 5.88. The van der Waals surface area contributed by atoms with Gasteiger partial charge in [0.15, 0.2) is 0 Å². The Balaban J connectivity index is 1.88. The second-order valence-electron chi connectivity index (χ2n) is 8.39. The molecule has 1 saturated carbocycles. The van der Waals surface area contributed by atoms with Crippen molar-refractivity contribution < 1.29 is 9.53 Å². The van der Waals surface area contributed by atoms with E-state index in [0.717, 1.165) is 16.8 Å². The van der Waals surface area contributed by atoms with Crippen molar-refractivity contribution in [1.29, 1.82) is 0 Å². The van der Waals surface area contributed by atoms with Crippen molar-refractivity contribution >= 4 is 11.8 Å². The summed E-state index contributed by atoms with van der Waals surface area (Å²) in [5.74, 6) is 0.520. The van der Waals surface area contributed by atoms with E-state index in [4.69, 9.17) is 4.74 Å². The van der Waals surface area contributed by atoms with Crippen molar-refractivity contribution in [3.8, 4) is 11.1 Å². The summed E-state index contributed by atoms with van der Waals surface area (Å²) in [5.41, 5.74) is 2.38. The summed E-state index contributed by atoms with van der Waals surface area (Å²) in [4.78, 5) is 19.1. The average molecular weight is 367 g/mol. The number of hydrogen-bond acceptors (Lipinski definition) is 3. The van der Waals surface area contributed by atoms with Crippen LogP contribution in [0.1, 0.15) is 52.9 Å². The summed E-state index contributed by atoms with van der Waals surface area (Å²) in [5, 5.41) is 0. The Morgan fingerprint density at radius 3 is 2.44 bits per heavy atom. The van der Waals surface area contributed by atoms with E-state index < -0.39 is 5.60 Å². The van der Waals surface area contributed by atoms with Crippen molar-refractivity contribution in [3.63, 3.8) is 0 Å². The molecule has 0 spiro atoms. The molecule has 0 aliphatic heterocycles. The summed E-state index contributed by atoms with van der Waals surface area (Å²) in [6.45, 7) is 6.40. The third kappa shape index (κ3) is 5.56. The molecule has 1 aliphatic carbocycles. The van der Waals surface area contributed by atoms with E-state index in [9.17, 15) is 4.79 Å². The van der Waals surface area contributed by atoms with Crippen LogP contribution in [0.5, 0.6) is 0 Å². The molecule has 1 aliphatic rings. The van der Waals surface area contributed by atoms with Crippen molar-refractivity contribution in [3.05, 3.63) is 48.8 Å². The number of nitrogens with zero attached hydrogens (tertiary/aromatic N) is 2. The Morgan fingerprint density at radius 1 is 1.07 bits per heavy atom. The number of ether oxygens (including phenoxy) is 1. The Morgan fingerprint density at radius 2 is 1.78 bits per heavy atom. The molecule has 0 atom stereocenters. The Bertz CT molecular complexity index is 746. The largest absolute Gasteiger partial charge is 0.443 e. The molecule has 1 aromatic heterocycles. The van der Waals surface area contributed by atoms with E-state index in [1.54, 1.807) is 11.1 Å². The van der Waals surface area contributed by atoms with Gasteiger partial charge < -0.3 is 4.74 Å². The van der Waals surface area contributed by atoms with Crippen molar-refractivity contribution in [2.45, 2.75) is 58.5 Å². The number of carbonyl (C=O) groups excluding carboxylic acids is 1. The molecule has 1 heterocycles. The van der Waals surface area contributed by atoms with E-state index in [2.05, 4.69) is 17.1 Å². The SMILES string of the molecule is CC(C)(C)OC(=O)N(CC1CCCCC1)c1cncc(-c2ccccc2)c1. The Labute approximate surface area is 162 Å². The first-order valence-corrected chi connectivity index (χ1v) is 9.93. The second kappa shape index (κ2) is 8.55. The number of benzene rings is 1. The molecule has 0 radical (unpaired) electrons. The highest BCUT2D eigenvalue weighted by Gasteiger charge is 2.27. The zero-order valence-corrected chi connectivity index (χ0v) is 16.6. The van der Waals surface area contributed by atoms with E-state index >= 15 is 0 Å². The number of hydrogen-bond donors (Lipinski definition) is 0. The van der Waals surface area contributed by atoms with Crippen LogP contribution in [0.25, 0.3) is 11.1 Å². The lowest BCUT2D eigenvalue weighted by Gasteiger charge is -2.31. The molecule has 4 nitrogen and oxygen atoms in total. The molecule has 2 aromatic rings. The third-order valence-electron chi connectivity index (χ3n) is 4.92. The molecule has 144 valence electrons. The molecule has 1 amide bonds. The summed E-state index contributed by atoms with van der Waals surface area (Å²) in [7, 11) is 0. The number of pyridine rings is 1. The highest BCUT2D eigenvalue weighted by Crippen LogP contribution is 2.29. The summed E-state index contributed by atoms with van der Waals surface area (Å²) < 4.78 is 5.70. The van der Waals surface area contributed by atoms with Crippen LogP contribution in [0.3, 0.4) is 0 Å². The zero-order valence-electron chi connectivity index (χ0n) is 16.6. The van der Waals surface area contributed by atoms with Crippen LogP contribution in [-0.4, -0.2) is 23.2 Å². The average Bonchev–Trinajstić information content (AvgIpc) is 2.66. The molecule has 3 rings (SSSR count). The Kier molecular flexibility index (Phi) is 6.15. The van der Waals surface area contributed by atoms with E-state index in [-0.39, 0.29) is 6.09 Å². The maximum Gasteiger partial charge on any atom is 0.414 e. The van der Waals surface area contributed by atoms with Gasteiger partial charge in [-0.25, -0.2) is 4.79 Å². The summed E-state index contributed by atoms with van der Waals surface area (Å²) in [6, 6.07) is 12.2. The minimum atomic E-state index is -0.521. The maximum atomic E-state index is 13.0. The van der Waals surface area contributed by atoms with Gasteiger partial charge >= 0.3 is 6.09 Å². The predicted molar refractivity (Wildman–Crippen MR) is 110 cm³/mol. The molecule has 0 bridgehead atoms. The number of carbonyl (C=O) groups is 1. The first-order chi connectivity index (χ1) is 12.9. The van der Waals surface area contributed by atoms with Gasteiger partial charge in [-0.1, -0.05) is 49.6 Å². The minimum Gasteiger partial charge on any atom is -0.443 e. The van der Waals surface area contributed by atoms with Crippen LogP contribution in [0.2, 0.25) is 0 Å². The van der Waals surface area contributed by atoms with Crippen LogP contribution in [0.15, 0.2) is 48.8 Å². The van der Waals surface area contributed by atoms with Gasteiger partial charge in [0.1, 0.15) is 5.60 Å². The molecule has 0 saturated heterocycles. The molecule has 0 N–H and O–H groups in total. The van der Waals surface area contributed by atoms with Crippen LogP contribution in [0, 0.1) is 5.92 Å². The number of anilines is 1. The van der Waals surface area contributed by atoms with E-state index in [1.165, 1.54) is 32.1 Å². The maximum absolute atomic E-state index is 13.0. The van der Waals surface area contributed by atoms with Crippen molar-refractivity contribution in [1.82, 2.24) is 4.98 Å². The van der Waals surface area contributed by atoms with E-state index in [1.807, 2.05) is 51.2 Å². The fourth-order valence-electron chi connectivity index (χ4n) is 3.59. The quantitative estimate of drug-likeness (QED) is 0.659. The highest BCUT2D eigenvalue weighted by atomic mass is 16.6. The van der Waals surface area contributed by atoms with Gasteiger partial charge in [0.05, 0.1) is 11.9 Å². The molecular formula is C23H30N2O2. The van der Waals surface area contributed by atoms with Gasteiger partial charge in [-0.3, -0.25) is 9.88 Å². The molecular weight excluding hydrogens is 336 g/mol. The van der Waals surface area contributed by atoms with Crippen molar-refractivity contribution in [2.75, 3.05) is 11.4 Å². The van der Waals surface area contributed by atoms with Gasteiger partial charge in [0, 0.05) is 18.3 Å². The van der Waals surface area contributed by atoms with Gasteiger partial charge in [0.2, 0.25) is 0 Å². The monoisotopic (exact) mass is 366 g/mol. The topological polar surface area (TPSA) is 42.4 Å². The lowest BCUT2D eigenvalue weighted by Crippen LogP contribution is -2.40. The fraction of sp³-hybridized carbons (Fsp3) is 0.478. The van der Waals surface area contributed by atoms with Crippen LogP contribution in [-0.2, 0) is 4.74 Å². The first kappa shape index (κ1) is 19.4. The van der Waals surface area contributed by atoms with Gasteiger partial charge in [0.25, 0.3) is 0 Å². The van der Waals surface area contributed by atoms with E-state index in [0.29, 0.717) is 12.5 Å². The van der Waals surface area contributed by atoms with Gasteiger partial charge in [-0.05, 0) is 51.2 Å². The molecule has 0 unspecified atom stereocenters. The fourth-order valence-corrected chi connectivity index (χ4v) is 3.59. The molecule has 27 heavy (non-hydrogen) atoms. The molecule has 4 heteroatoms. The first-order valence-electron chi connectivity index (χ1n) is 9.93. The molecule has 1 fully saturated rings.